The molecule has 2 heterocycles. The summed E-state index contributed by atoms with van der Waals surface area (Å²) in [4.78, 5) is 15.8. The average molecular weight is 376 g/mol. The summed E-state index contributed by atoms with van der Waals surface area (Å²) in [6.45, 7) is 5.51. The van der Waals surface area contributed by atoms with Crippen molar-refractivity contribution in [1.29, 1.82) is 0 Å². The van der Waals surface area contributed by atoms with Crippen molar-refractivity contribution >= 4 is 12.0 Å². The third kappa shape index (κ3) is 3.66. The van der Waals surface area contributed by atoms with Crippen molar-refractivity contribution < 1.29 is 14.3 Å². The lowest BCUT2D eigenvalue weighted by molar-refractivity contribution is 0.109. The second-order valence-electron chi connectivity index (χ2n) is 7.18. The van der Waals surface area contributed by atoms with E-state index in [4.69, 9.17) is 4.42 Å². The van der Waals surface area contributed by atoms with E-state index >= 15 is 0 Å². The number of nitrogens with zero attached hydrogens (tertiary/aromatic N) is 2. The van der Waals surface area contributed by atoms with Crippen LogP contribution in [-0.2, 0) is 0 Å². The van der Waals surface area contributed by atoms with Crippen LogP contribution < -0.4 is 4.90 Å². The minimum absolute atomic E-state index is 0.227. The molecule has 3 aromatic rings. The van der Waals surface area contributed by atoms with Crippen molar-refractivity contribution in [3.63, 3.8) is 0 Å². The van der Waals surface area contributed by atoms with E-state index in [-0.39, 0.29) is 11.8 Å². The number of aryl methyl sites for hydroxylation is 1. The molecule has 1 unspecified atom stereocenters. The van der Waals surface area contributed by atoms with Gasteiger partial charge in [-0.3, -0.25) is 9.69 Å². The Morgan fingerprint density at radius 3 is 2.32 bits per heavy atom. The van der Waals surface area contributed by atoms with Crippen molar-refractivity contribution in [3.05, 3.63) is 83.3 Å². The number of anilines is 1. The van der Waals surface area contributed by atoms with Crippen molar-refractivity contribution in [2.45, 2.75) is 13.0 Å². The number of phenolic OH excluding ortho intramolecular Hbond substituents is 1. The Morgan fingerprint density at radius 2 is 1.68 bits per heavy atom. The predicted octanol–water partition coefficient (Wildman–Crippen LogP) is 4.02. The Labute approximate surface area is 164 Å². The monoisotopic (exact) mass is 376 g/mol. The van der Waals surface area contributed by atoms with Crippen molar-refractivity contribution in [2.24, 2.45) is 0 Å². The van der Waals surface area contributed by atoms with E-state index in [1.165, 1.54) is 11.3 Å². The summed E-state index contributed by atoms with van der Waals surface area (Å²) in [5.41, 5.74) is 3.27. The molecule has 28 heavy (non-hydrogen) atoms. The Balaban J connectivity index is 1.58. The molecule has 0 spiro atoms. The molecule has 1 aliphatic heterocycles. The van der Waals surface area contributed by atoms with Crippen LogP contribution in [0.5, 0.6) is 5.75 Å². The Hall–Kier alpha value is -3.05. The van der Waals surface area contributed by atoms with E-state index in [1.807, 2.05) is 24.3 Å². The first-order valence-corrected chi connectivity index (χ1v) is 9.54. The number of rotatable bonds is 5. The van der Waals surface area contributed by atoms with E-state index in [0.29, 0.717) is 17.8 Å². The van der Waals surface area contributed by atoms with Gasteiger partial charge in [0, 0.05) is 37.4 Å². The molecule has 1 aromatic heterocycles. The molecule has 1 saturated heterocycles. The number of hydrogen-bond donors (Lipinski definition) is 1. The standard InChI is InChI=1S/C23H24N2O3/c1-17-6-8-18(9-7-17)24-12-14-25(15-13-24)23(20-4-2-3-5-21(20)27)22-11-10-19(16-26)28-22/h2-11,16,23,27H,12-15H2,1H3. The third-order valence-electron chi connectivity index (χ3n) is 5.34. The number of benzene rings is 2. The number of carbonyl (C=O) groups excluding carboxylic acids is 1. The summed E-state index contributed by atoms with van der Waals surface area (Å²) in [5.74, 6) is 1.21. The minimum atomic E-state index is -0.227. The number of phenols is 1. The van der Waals surface area contributed by atoms with Gasteiger partial charge in [-0.15, -0.1) is 0 Å². The maximum absolute atomic E-state index is 11.1. The molecule has 5 nitrogen and oxygen atoms in total. The summed E-state index contributed by atoms with van der Waals surface area (Å²) < 4.78 is 5.75. The lowest BCUT2D eigenvalue weighted by Crippen LogP contribution is -2.47. The third-order valence-corrected chi connectivity index (χ3v) is 5.34. The van der Waals surface area contributed by atoms with E-state index < -0.39 is 0 Å². The highest BCUT2D eigenvalue weighted by molar-refractivity contribution is 5.70. The molecule has 144 valence electrons. The van der Waals surface area contributed by atoms with Crippen LogP contribution in [0.2, 0.25) is 0 Å². The topological polar surface area (TPSA) is 56.9 Å². The van der Waals surface area contributed by atoms with Crippen LogP contribution in [0, 0.1) is 6.92 Å². The van der Waals surface area contributed by atoms with E-state index in [1.54, 1.807) is 12.1 Å². The number of aromatic hydroxyl groups is 1. The van der Waals surface area contributed by atoms with Gasteiger partial charge >= 0.3 is 0 Å². The zero-order valence-electron chi connectivity index (χ0n) is 15.9. The summed E-state index contributed by atoms with van der Waals surface area (Å²) >= 11 is 0. The van der Waals surface area contributed by atoms with Crippen molar-refractivity contribution in [2.75, 3.05) is 31.1 Å². The fraction of sp³-hybridized carbons (Fsp3) is 0.261. The van der Waals surface area contributed by atoms with Gasteiger partial charge in [-0.1, -0.05) is 35.9 Å². The molecule has 2 aromatic carbocycles. The Kier molecular flexibility index (Phi) is 5.17. The molecular weight excluding hydrogens is 352 g/mol. The van der Waals surface area contributed by atoms with Crippen LogP contribution in [-0.4, -0.2) is 42.5 Å². The molecular formula is C23H24N2O3. The van der Waals surface area contributed by atoms with Gasteiger partial charge in [0.2, 0.25) is 0 Å². The molecule has 1 fully saturated rings. The van der Waals surface area contributed by atoms with E-state index in [9.17, 15) is 9.90 Å². The molecule has 1 N–H and O–H groups in total. The van der Waals surface area contributed by atoms with Crippen LogP contribution in [0.3, 0.4) is 0 Å². The van der Waals surface area contributed by atoms with Gasteiger partial charge in [0.1, 0.15) is 11.5 Å². The largest absolute Gasteiger partial charge is 0.508 e. The molecule has 0 bridgehead atoms. The highest BCUT2D eigenvalue weighted by atomic mass is 16.3. The number of para-hydroxylation sites is 1. The van der Waals surface area contributed by atoms with Gasteiger partial charge < -0.3 is 14.4 Å². The first-order valence-electron chi connectivity index (χ1n) is 9.54. The number of aldehydes is 1. The fourth-order valence-corrected chi connectivity index (χ4v) is 3.82. The molecule has 0 amide bonds. The predicted molar refractivity (Wildman–Crippen MR) is 109 cm³/mol. The number of carbonyl (C=O) groups is 1. The molecule has 0 radical (unpaired) electrons. The quantitative estimate of drug-likeness (QED) is 0.682. The summed E-state index contributed by atoms with van der Waals surface area (Å²) in [6, 6.07) is 19.2. The van der Waals surface area contributed by atoms with E-state index in [0.717, 1.165) is 31.7 Å². The minimum Gasteiger partial charge on any atom is -0.508 e. The van der Waals surface area contributed by atoms with Crippen molar-refractivity contribution in [3.8, 4) is 5.75 Å². The van der Waals surface area contributed by atoms with Gasteiger partial charge in [0.05, 0.1) is 6.04 Å². The number of furan rings is 1. The Morgan fingerprint density at radius 1 is 0.964 bits per heavy atom. The number of hydrogen-bond acceptors (Lipinski definition) is 5. The highest BCUT2D eigenvalue weighted by Crippen LogP contribution is 2.35. The smallest absolute Gasteiger partial charge is 0.185 e. The first-order chi connectivity index (χ1) is 13.7. The first kappa shape index (κ1) is 18.3. The molecule has 1 atom stereocenters. The lowest BCUT2D eigenvalue weighted by atomic mass is 10.0. The van der Waals surface area contributed by atoms with Crippen LogP contribution in [0.15, 0.2) is 65.1 Å². The lowest BCUT2D eigenvalue weighted by Gasteiger charge is -2.39. The molecule has 4 rings (SSSR count). The summed E-state index contributed by atoms with van der Waals surface area (Å²) in [7, 11) is 0. The summed E-state index contributed by atoms with van der Waals surface area (Å²) in [6.07, 6.45) is 0.709. The maximum atomic E-state index is 11.1. The van der Waals surface area contributed by atoms with Gasteiger partial charge in [0.15, 0.2) is 12.0 Å². The van der Waals surface area contributed by atoms with Crippen molar-refractivity contribution in [1.82, 2.24) is 4.90 Å². The second kappa shape index (κ2) is 7.90. The zero-order chi connectivity index (χ0) is 19.5. The van der Waals surface area contributed by atoms with E-state index in [2.05, 4.69) is 41.0 Å². The molecule has 5 heteroatoms. The van der Waals surface area contributed by atoms with Crippen LogP contribution in [0.25, 0.3) is 0 Å². The normalized spacial score (nSPS) is 16.1. The maximum Gasteiger partial charge on any atom is 0.185 e. The van der Waals surface area contributed by atoms with Gasteiger partial charge in [-0.2, -0.15) is 0 Å². The van der Waals surface area contributed by atoms with Gasteiger partial charge in [-0.25, -0.2) is 0 Å². The Bertz CT molecular complexity index is 940. The average Bonchev–Trinajstić information content (AvgIpc) is 3.20. The highest BCUT2D eigenvalue weighted by Gasteiger charge is 2.30. The van der Waals surface area contributed by atoms with Gasteiger partial charge in [0.25, 0.3) is 0 Å². The molecule has 0 aliphatic carbocycles. The number of piperazine rings is 1. The zero-order valence-corrected chi connectivity index (χ0v) is 15.9. The van der Waals surface area contributed by atoms with Crippen LogP contribution in [0.1, 0.15) is 33.5 Å². The van der Waals surface area contributed by atoms with Crippen LogP contribution >= 0.6 is 0 Å². The summed E-state index contributed by atoms with van der Waals surface area (Å²) in [5, 5.41) is 10.4. The SMILES string of the molecule is Cc1ccc(N2CCN(C(c3ccc(C=O)o3)c3ccccc3O)CC2)cc1. The fourth-order valence-electron chi connectivity index (χ4n) is 3.82. The van der Waals surface area contributed by atoms with Gasteiger partial charge in [-0.05, 0) is 37.3 Å². The van der Waals surface area contributed by atoms with Crippen LogP contribution in [0.4, 0.5) is 5.69 Å². The molecule has 1 aliphatic rings. The molecule has 0 saturated carbocycles. The second-order valence-corrected chi connectivity index (χ2v) is 7.18.